The Hall–Kier alpha value is -3.49. The zero-order valence-corrected chi connectivity index (χ0v) is 20.1. The molecule has 0 spiro atoms. The highest BCUT2D eigenvalue weighted by molar-refractivity contribution is 7.89. The summed E-state index contributed by atoms with van der Waals surface area (Å²) in [5.74, 6) is -0.447. The second-order valence-electron chi connectivity index (χ2n) is 8.84. The number of nitrogens with one attached hydrogen (secondary N) is 1. The van der Waals surface area contributed by atoms with Crippen molar-refractivity contribution in [2.45, 2.75) is 36.6 Å². The van der Waals surface area contributed by atoms with E-state index in [9.17, 15) is 18.0 Å². The number of anilines is 2. The maximum absolute atomic E-state index is 13.2. The van der Waals surface area contributed by atoms with Gasteiger partial charge in [0, 0.05) is 30.0 Å². The van der Waals surface area contributed by atoms with Crippen LogP contribution in [0.4, 0.5) is 11.4 Å². The number of rotatable bonds is 5. The van der Waals surface area contributed by atoms with Gasteiger partial charge in [-0.05, 0) is 67.3 Å². The molecule has 3 aromatic carbocycles. The lowest BCUT2D eigenvalue weighted by Gasteiger charge is -2.33. The molecule has 7 nitrogen and oxygen atoms in total. The van der Waals surface area contributed by atoms with Gasteiger partial charge >= 0.3 is 0 Å². The van der Waals surface area contributed by atoms with Crippen LogP contribution in [0.2, 0.25) is 0 Å². The molecule has 0 aliphatic carbocycles. The summed E-state index contributed by atoms with van der Waals surface area (Å²) in [4.78, 5) is 28.1. The Morgan fingerprint density at radius 2 is 1.54 bits per heavy atom. The van der Waals surface area contributed by atoms with Crippen molar-refractivity contribution in [1.82, 2.24) is 4.31 Å². The highest BCUT2D eigenvalue weighted by atomic mass is 32.2. The van der Waals surface area contributed by atoms with Crippen LogP contribution in [0, 0.1) is 0 Å². The third kappa shape index (κ3) is 4.59. The second kappa shape index (κ2) is 9.64. The Kier molecular flexibility index (Phi) is 6.40. The molecule has 0 radical (unpaired) electrons. The number of para-hydroxylation sites is 1. The van der Waals surface area contributed by atoms with Crippen LogP contribution < -0.4 is 10.2 Å². The van der Waals surface area contributed by atoms with Crippen LogP contribution in [-0.2, 0) is 21.2 Å². The minimum absolute atomic E-state index is 0.0831. The molecule has 1 fully saturated rings. The molecule has 0 aromatic heterocycles. The predicted molar refractivity (Wildman–Crippen MR) is 135 cm³/mol. The molecule has 2 amide bonds. The summed E-state index contributed by atoms with van der Waals surface area (Å²) in [6.45, 7) is 0.949. The maximum atomic E-state index is 13.2. The molecule has 1 N–H and O–H groups in total. The molecular formula is C27H27N3O4S. The Morgan fingerprint density at radius 3 is 2.31 bits per heavy atom. The SMILES string of the molecule is O=C(Nc1ccc(C(=O)N2CCc3ccccc32)cc1)C1CCCCN1S(=O)(=O)c1ccccc1. The largest absolute Gasteiger partial charge is 0.325 e. The Bertz CT molecular complexity index is 1340. The second-order valence-corrected chi connectivity index (χ2v) is 10.7. The number of carbonyl (C=O) groups excluding carboxylic acids is 2. The molecule has 0 bridgehead atoms. The van der Waals surface area contributed by atoms with Gasteiger partial charge in [0.15, 0.2) is 0 Å². The third-order valence-corrected chi connectivity index (χ3v) is 8.56. The quantitative estimate of drug-likeness (QED) is 0.585. The van der Waals surface area contributed by atoms with Crippen molar-refractivity contribution in [2.24, 2.45) is 0 Å². The number of carbonyl (C=O) groups is 2. The molecule has 1 atom stereocenters. The predicted octanol–water partition coefficient (Wildman–Crippen LogP) is 4.07. The van der Waals surface area contributed by atoms with Crippen molar-refractivity contribution in [3.63, 3.8) is 0 Å². The molecular weight excluding hydrogens is 462 g/mol. The Labute approximate surface area is 205 Å². The van der Waals surface area contributed by atoms with Gasteiger partial charge < -0.3 is 10.2 Å². The zero-order valence-electron chi connectivity index (χ0n) is 19.3. The maximum Gasteiger partial charge on any atom is 0.258 e. The van der Waals surface area contributed by atoms with E-state index in [-0.39, 0.29) is 16.7 Å². The van der Waals surface area contributed by atoms with Crippen molar-refractivity contribution in [3.8, 4) is 0 Å². The molecule has 2 heterocycles. The van der Waals surface area contributed by atoms with Gasteiger partial charge in [-0.3, -0.25) is 9.59 Å². The number of amides is 2. The first kappa shape index (κ1) is 23.3. The molecule has 1 saturated heterocycles. The fourth-order valence-electron chi connectivity index (χ4n) is 4.81. The van der Waals surface area contributed by atoms with Crippen LogP contribution in [0.3, 0.4) is 0 Å². The standard InChI is InChI=1S/C27H27N3O4S/c31-26(25-12-6-7-18-30(25)35(33,34)23-9-2-1-3-10-23)28-22-15-13-21(14-16-22)27(32)29-19-17-20-8-4-5-11-24(20)29/h1-5,8-11,13-16,25H,6-7,12,17-19H2,(H,28,31). The van der Waals surface area contributed by atoms with Crippen LogP contribution in [0.1, 0.15) is 35.2 Å². The fourth-order valence-corrected chi connectivity index (χ4v) is 6.49. The van der Waals surface area contributed by atoms with Gasteiger partial charge in [-0.15, -0.1) is 0 Å². The number of fused-ring (bicyclic) bond motifs is 1. The van der Waals surface area contributed by atoms with E-state index in [1.807, 2.05) is 24.3 Å². The lowest BCUT2D eigenvalue weighted by atomic mass is 10.0. The van der Waals surface area contributed by atoms with Gasteiger partial charge in [0.05, 0.1) is 4.90 Å². The van der Waals surface area contributed by atoms with E-state index in [4.69, 9.17) is 0 Å². The van der Waals surface area contributed by atoms with Gasteiger partial charge in [-0.1, -0.05) is 42.8 Å². The van der Waals surface area contributed by atoms with Crippen molar-refractivity contribution < 1.29 is 18.0 Å². The number of benzene rings is 3. The van der Waals surface area contributed by atoms with E-state index < -0.39 is 16.1 Å². The molecule has 2 aliphatic heterocycles. The number of hydrogen-bond acceptors (Lipinski definition) is 4. The van der Waals surface area contributed by atoms with Gasteiger partial charge in [-0.2, -0.15) is 4.31 Å². The van der Waals surface area contributed by atoms with Crippen LogP contribution in [0.15, 0.2) is 83.8 Å². The smallest absolute Gasteiger partial charge is 0.258 e. The first-order chi connectivity index (χ1) is 16.9. The molecule has 3 aromatic rings. The zero-order chi connectivity index (χ0) is 24.4. The lowest BCUT2D eigenvalue weighted by molar-refractivity contribution is -0.120. The summed E-state index contributed by atoms with van der Waals surface area (Å²) in [7, 11) is -3.78. The summed E-state index contributed by atoms with van der Waals surface area (Å²) in [6.07, 6.45) is 2.79. The first-order valence-corrected chi connectivity index (χ1v) is 13.3. The van der Waals surface area contributed by atoms with Crippen molar-refractivity contribution in [1.29, 1.82) is 0 Å². The van der Waals surface area contributed by atoms with Crippen LogP contribution in [0.25, 0.3) is 0 Å². The highest BCUT2D eigenvalue weighted by Gasteiger charge is 2.37. The molecule has 8 heteroatoms. The summed E-state index contributed by atoms with van der Waals surface area (Å²) in [5.41, 5.74) is 3.15. The molecule has 2 aliphatic rings. The molecule has 1 unspecified atom stereocenters. The Balaban J connectivity index is 1.29. The molecule has 5 rings (SSSR count). The number of sulfonamides is 1. The van der Waals surface area contributed by atoms with Crippen molar-refractivity contribution >= 4 is 33.2 Å². The van der Waals surface area contributed by atoms with Crippen LogP contribution >= 0.6 is 0 Å². The number of nitrogens with zero attached hydrogens (tertiary/aromatic N) is 2. The average molecular weight is 490 g/mol. The normalized spacial score (nSPS) is 18.2. The fraction of sp³-hybridized carbons (Fsp3) is 0.259. The van der Waals surface area contributed by atoms with E-state index in [1.165, 1.54) is 4.31 Å². The van der Waals surface area contributed by atoms with Crippen LogP contribution in [0.5, 0.6) is 0 Å². The van der Waals surface area contributed by atoms with E-state index in [0.717, 1.165) is 24.1 Å². The summed E-state index contributed by atoms with van der Waals surface area (Å²) >= 11 is 0. The summed E-state index contributed by atoms with van der Waals surface area (Å²) in [5, 5.41) is 2.85. The van der Waals surface area contributed by atoms with E-state index in [1.54, 1.807) is 59.5 Å². The lowest BCUT2D eigenvalue weighted by Crippen LogP contribution is -2.49. The first-order valence-electron chi connectivity index (χ1n) is 11.8. The highest BCUT2D eigenvalue weighted by Crippen LogP contribution is 2.29. The van der Waals surface area contributed by atoms with E-state index in [0.29, 0.717) is 37.2 Å². The van der Waals surface area contributed by atoms with Crippen molar-refractivity contribution in [2.75, 3.05) is 23.3 Å². The molecule has 0 saturated carbocycles. The topological polar surface area (TPSA) is 86.8 Å². The summed E-state index contributed by atoms with van der Waals surface area (Å²) in [6, 6.07) is 22.1. The van der Waals surface area contributed by atoms with Crippen LogP contribution in [-0.4, -0.2) is 43.7 Å². The molecule has 35 heavy (non-hydrogen) atoms. The monoisotopic (exact) mass is 489 g/mol. The number of piperidine rings is 1. The van der Waals surface area contributed by atoms with E-state index >= 15 is 0 Å². The van der Waals surface area contributed by atoms with Gasteiger partial charge in [0.1, 0.15) is 6.04 Å². The Morgan fingerprint density at radius 1 is 0.829 bits per heavy atom. The van der Waals surface area contributed by atoms with Crippen molar-refractivity contribution in [3.05, 3.63) is 90.0 Å². The molecule has 180 valence electrons. The minimum atomic E-state index is -3.78. The third-order valence-electron chi connectivity index (χ3n) is 6.64. The van der Waals surface area contributed by atoms with Gasteiger partial charge in [0.2, 0.25) is 15.9 Å². The van der Waals surface area contributed by atoms with Gasteiger partial charge in [-0.25, -0.2) is 8.42 Å². The number of hydrogen-bond donors (Lipinski definition) is 1. The summed E-state index contributed by atoms with van der Waals surface area (Å²) < 4.78 is 27.7. The van der Waals surface area contributed by atoms with Gasteiger partial charge in [0.25, 0.3) is 5.91 Å². The van der Waals surface area contributed by atoms with E-state index in [2.05, 4.69) is 5.32 Å². The average Bonchev–Trinajstić information content (AvgIpc) is 3.33. The minimum Gasteiger partial charge on any atom is -0.325 e.